The van der Waals surface area contributed by atoms with Gasteiger partial charge in [0.15, 0.2) is 11.5 Å². The second-order valence-corrected chi connectivity index (χ2v) is 3.71. The van der Waals surface area contributed by atoms with Gasteiger partial charge < -0.3 is 20.1 Å². The number of aromatic nitrogens is 3. The van der Waals surface area contributed by atoms with Gasteiger partial charge in [0, 0.05) is 25.5 Å². The summed E-state index contributed by atoms with van der Waals surface area (Å²) in [4.78, 5) is 8.65. The molecule has 6 heteroatoms. The molecule has 0 amide bonds. The maximum absolute atomic E-state index is 8.83. The van der Waals surface area contributed by atoms with Crippen molar-refractivity contribution in [1.82, 2.24) is 14.4 Å². The molecule has 6 nitrogen and oxygen atoms in total. The van der Waals surface area contributed by atoms with Crippen molar-refractivity contribution in [2.24, 2.45) is 0 Å². The Hall–Kier alpha value is -1.82. The molecule has 0 aliphatic rings. The number of aliphatic hydroxyl groups excluding tert-OH is 1. The number of aliphatic hydroxyl groups is 1. The molecule has 0 aliphatic carbocycles. The van der Waals surface area contributed by atoms with Crippen molar-refractivity contribution >= 4 is 17.3 Å². The maximum Gasteiger partial charge on any atom is 0.180 e. The topological polar surface area (TPSA) is 74.5 Å². The number of anilines is 2. The summed E-state index contributed by atoms with van der Waals surface area (Å²) in [6, 6.07) is 0. The molecule has 0 atom stereocenters. The minimum atomic E-state index is 0.0706. The van der Waals surface area contributed by atoms with Gasteiger partial charge in [0.2, 0.25) is 0 Å². The molecule has 2 heterocycles. The van der Waals surface area contributed by atoms with E-state index >= 15 is 0 Å². The highest BCUT2D eigenvalue weighted by Crippen LogP contribution is 2.15. The van der Waals surface area contributed by atoms with E-state index in [9.17, 15) is 0 Å². The summed E-state index contributed by atoms with van der Waals surface area (Å²) < 4.78 is 1.91. The van der Waals surface area contributed by atoms with Crippen molar-refractivity contribution in [3.05, 3.63) is 18.6 Å². The molecule has 0 spiro atoms. The fraction of sp³-hybridized carbons (Fsp3) is 0.455. The van der Waals surface area contributed by atoms with Crippen LogP contribution in [0.4, 0.5) is 11.6 Å². The number of hydrogen-bond acceptors (Lipinski definition) is 5. The first kappa shape index (κ1) is 11.7. The van der Waals surface area contributed by atoms with E-state index in [0.717, 1.165) is 24.4 Å². The lowest BCUT2D eigenvalue weighted by Gasteiger charge is -2.09. The van der Waals surface area contributed by atoms with Crippen molar-refractivity contribution in [3.63, 3.8) is 0 Å². The molecular formula is C11H17N5O. The van der Waals surface area contributed by atoms with Crippen LogP contribution in [0.3, 0.4) is 0 Å². The van der Waals surface area contributed by atoms with Gasteiger partial charge in [-0.25, -0.2) is 9.97 Å². The fourth-order valence-corrected chi connectivity index (χ4v) is 1.56. The predicted octanol–water partition coefficient (Wildman–Crippen LogP) is 0.955. The van der Waals surface area contributed by atoms with Crippen LogP contribution in [0.15, 0.2) is 18.6 Å². The highest BCUT2D eigenvalue weighted by Gasteiger charge is 2.06. The van der Waals surface area contributed by atoms with E-state index in [1.807, 2.05) is 16.8 Å². The van der Waals surface area contributed by atoms with Gasteiger partial charge in [-0.1, -0.05) is 6.92 Å². The van der Waals surface area contributed by atoms with E-state index in [4.69, 9.17) is 5.11 Å². The summed E-state index contributed by atoms with van der Waals surface area (Å²) in [5.74, 6) is 1.49. The van der Waals surface area contributed by atoms with Gasteiger partial charge in [-0.05, 0) is 6.42 Å². The number of fused-ring (bicyclic) bond motifs is 1. The number of nitrogens with one attached hydrogen (secondary N) is 2. The van der Waals surface area contributed by atoms with Gasteiger partial charge in [-0.3, -0.25) is 0 Å². The van der Waals surface area contributed by atoms with Crippen LogP contribution in [-0.4, -0.2) is 39.2 Å². The van der Waals surface area contributed by atoms with Crippen LogP contribution in [-0.2, 0) is 0 Å². The highest BCUT2D eigenvalue weighted by atomic mass is 16.3. The number of imidazole rings is 1. The molecule has 0 bridgehead atoms. The quantitative estimate of drug-likeness (QED) is 0.695. The summed E-state index contributed by atoms with van der Waals surface area (Å²) in [6.45, 7) is 3.52. The number of hydrogen-bond donors (Lipinski definition) is 3. The first-order chi connectivity index (χ1) is 8.35. The Balaban J connectivity index is 2.29. The SMILES string of the molecule is CCCNc1cn2ccnc2c(NCCO)n1. The van der Waals surface area contributed by atoms with Gasteiger partial charge in [0.25, 0.3) is 0 Å². The average Bonchev–Trinajstić information content (AvgIpc) is 2.81. The molecule has 0 radical (unpaired) electrons. The van der Waals surface area contributed by atoms with Crippen LogP contribution >= 0.6 is 0 Å². The molecule has 0 saturated heterocycles. The van der Waals surface area contributed by atoms with Crippen LogP contribution in [0.2, 0.25) is 0 Å². The summed E-state index contributed by atoms with van der Waals surface area (Å²) >= 11 is 0. The van der Waals surface area contributed by atoms with E-state index < -0.39 is 0 Å². The third kappa shape index (κ3) is 2.65. The third-order valence-corrected chi connectivity index (χ3v) is 2.33. The Bertz CT molecular complexity index is 482. The molecule has 17 heavy (non-hydrogen) atoms. The fourth-order valence-electron chi connectivity index (χ4n) is 1.56. The maximum atomic E-state index is 8.83. The zero-order chi connectivity index (χ0) is 12.1. The normalized spacial score (nSPS) is 10.7. The van der Waals surface area contributed by atoms with Crippen LogP contribution < -0.4 is 10.6 Å². The van der Waals surface area contributed by atoms with E-state index in [-0.39, 0.29) is 6.61 Å². The predicted molar refractivity (Wildman–Crippen MR) is 67.3 cm³/mol. The largest absolute Gasteiger partial charge is 0.395 e. The van der Waals surface area contributed by atoms with E-state index in [2.05, 4.69) is 27.5 Å². The van der Waals surface area contributed by atoms with Gasteiger partial charge in [-0.2, -0.15) is 0 Å². The Morgan fingerprint density at radius 2 is 2.24 bits per heavy atom. The van der Waals surface area contributed by atoms with Crippen LogP contribution in [0, 0.1) is 0 Å². The van der Waals surface area contributed by atoms with Gasteiger partial charge in [-0.15, -0.1) is 0 Å². The van der Waals surface area contributed by atoms with Crippen molar-refractivity contribution in [2.75, 3.05) is 30.3 Å². The molecule has 92 valence electrons. The Labute approximate surface area is 99.7 Å². The molecule has 0 unspecified atom stereocenters. The van der Waals surface area contributed by atoms with Gasteiger partial charge >= 0.3 is 0 Å². The number of nitrogens with zero attached hydrogens (tertiary/aromatic N) is 3. The van der Waals surface area contributed by atoms with Crippen molar-refractivity contribution in [1.29, 1.82) is 0 Å². The monoisotopic (exact) mass is 235 g/mol. The Morgan fingerprint density at radius 3 is 3.00 bits per heavy atom. The van der Waals surface area contributed by atoms with Gasteiger partial charge in [0.05, 0.1) is 12.8 Å². The summed E-state index contributed by atoms with van der Waals surface area (Å²) in [5, 5.41) is 15.1. The van der Waals surface area contributed by atoms with E-state index in [0.29, 0.717) is 12.4 Å². The van der Waals surface area contributed by atoms with Crippen molar-refractivity contribution in [2.45, 2.75) is 13.3 Å². The third-order valence-electron chi connectivity index (χ3n) is 2.33. The molecule has 0 fully saturated rings. The summed E-state index contributed by atoms with van der Waals surface area (Å²) in [5.41, 5.74) is 0.764. The van der Waals surface area contributed by atoms with Crippen LogP contribution in [0.1, 0.15) is 13.3 Å². The summed E-state index contributed by atoms with van der Waals surface area (Å²) in [6.07, 6.45) is 6.55. The molecule has 2 rings (SSSR count). The van der Waals surface area contributed by atoms with Gasteiger partial charge in [0.1, 0.15) is 5.82 Å². The van der Waals surface area contributed by atoms with Crippen LogP contribution in [0.25, 0.3) is 5.65 Å². The first-order valence-electron chi connectivity index (χ1n) is 5.77. The van der Waals surface area contributed by atoms with E-state index in [1.165, 1.54) is 0 Å². The Morgan fingerprint density at radius 1 is 1.35 bits per heavy atom. The molecule has 2 aromatic rings. The summed E-state index contributed by atoms with van der Waals surface area (Å²) in [7, 11) is 0. The number of rotatable bonds is 6. The molecule has 0 aromatic carbocycles. The minimum Gasteiger partial charge on any atom is -0.395 e. The zero-order valence-electron chi connectivity index (χ0n) is 9.85. The standard InChI is InChI=1S/C11H17N5O/c1-2-3-12-9-8-16-6-4-14-11(16)10(15-9)13-5-7-17/h4,6,8,12,17H,2-3,5,7H2,1H3,(H,13,15). The lowest BCUT2D eigenvalue weighted by atomic mass is 10.4. The zero-order valence-corrected chi connectivity index (χ0v) is 9.85. The van der Waals surface area contributed by atoms with Crippen molar-refractivity contribution < 1.29 is 5.11 Å². The van der Waals surface area contributed by atoms with Crippen molar-refractivity contribution in [3.8, 4) is 0 Å². The lowest BCUT2D eigenvalue weighted by Crippen LogP contribution is -2.11. The first-order valence-corrected chi connectivity index (χ1v) is 5.77. The Kier molecular flexibility index (Phi) is 3.77. The van der Waals surface area contributed by atoms with E-state index in [1.54, 1.807) is 6.20 Å². The second kappa shape index (κ2) is 5.49. The molecule has 3 N–H and O–H groups in total. The lowest BCUT2D eigenvalue weighted by molar-refractivity contribution is 0.311. The van der Waals surface area contributed by atoms with Crippen LogP contribution in [0.5, 0.6) is 0 Å². The molecule has 0 aliphatic heterocycles. The molecular weight excluding hydrogens is 218 g/mol. The highest BCUT2D eigenvalue weighted by molar-refractivity contribution is 5.65. The molecule has 0 saturated carbocycles. The second-order valence-electron chi connectivity index (χ2n) is 3.71. The smallest absolute Gasteiger partial charge is 0.180 e. The molecule has 2 aromatic heterocycles. The average molecular weight is 235 g/mol. The minimum absolute atomic E-state index is 0.0706.